The molecule has 3 N–H and O–H groups in total. The van der Waals surface area contributed by atoms with Gasteiger partial charge in [-0.25, -0.2) is 4.98 Å². The Hall–Kier alpha value is -2.67. The second kappa shape index (κ2) is 5.32. The van der Waals surface area contributed by atoms with Gasteiger partial charge in [-0.2, -0.15) is 0 Å². The molecule has 0 aliphatic carbocycles. The number of hydrogen-bond acceptors (Lipinski definition) is 4. The lowest BCUT2D eigenvalue weighted by atomic mass is 10.2. The summed E-state index contributed by atoms with van der Waals surface area (Å²) in [6.45, 7) is -0.0724. The number of anilines is 1. The van der Waals surface area contributed by atoms with Crippen LogP contribution in [0.25, 0.3) is 0 Å². The van der Waals surface area contributed by atoms with Crippen molar-refractivity contribution in [2.45, 2.75) is 6.61 Å². The van der Waals surface area contributed by atoms with E-state index in [1.54, 1.807) is 24.3 Å². The number of carbonyl (C=O) groups is 1. The van der Waals surface area contributed by atoms with E-state index in [4.69, 9.17) is 5.11 Å². The number of aromatic amines is 1. The molecule has 0 radical (unpaired) electrons. The van der Waals surface area contributed by atoms with Crippen molar-refractivity contribution in [3.63, 3.8) is 0 Å². The number of hydrogen-bond donors (Lipinski definition) is 3. The predicted octanol–water partition coefficient (Wildman–Crippen LogP) is 1.67. The van der Waals surface area contributed by atoms with Gasteiger partial charge in [0.1, 0.15) is 0 Å². The number of aromatic nitrogens is 1. The van der Waals surface area contributed by atoms with Crippen molar-refractivity contribution >= 4 is 17.4 Å². The van der Waals surface area contributed by atoms with Gasteiger partial charge in [0.2, 0.25) is 0 Å². The van der Waals surface area contributed by atoms with E-state index < -0.39 is 10.8 Å². The van der Waals surface area contributed by atoms with E-state index in [1.807, 2.05) is 0 Å². The van der Waals surface area contributed by atoms with Crippen LogP contribution in [0.3, 0.4) is 0 Å². The average molecular weight is 261 g/mol. The Bertz CT molecular complexity index is 604. The largest absolute Gasteiger partial charge is 0.392 e. The molecular weight excluding hydrogens is 250 g/mol. The Kier molecular flexibility index (Phi) is 3.58. The molecule has 0 spiro atoms. The number of rotatable bonds is 4. The lowest BCUT2D eigenvalue weighted by Crippen LogP contribution is -2.12. The minimum Gasteiger partial charge on any atom is -0.392 e. The van der Waals surface area contributed by atoms with Crippen LogP contribution in [0.1, 0.15) is 16.1 Å². The van der Waals surface area contributed by atoms with E-state index in [-0.39, 0.29) is 18.1 Å². The molecule has 7 heteroatoms. The molecule has 1 heterocycles. The number of H-pyrrole nitrogens is 1. The summed E-state index contributed by atoms with van der Waals surface area (Å²) >= 11 is 0. The van der Waals surface area contributed by atoms with Crippen molar-refractivity contribution in [2.24, 2.45) is 0 Å². The zero-order valence-corrected chi connectivity index (χ0v) is 9.79. The minimum atomic E-state index is -0.604. The Morgan fingerprint density at radius 1 is 1.26 bits per heavy atom. The highest BCUT2D eigenvalue weighted by molar-refractivity contribution is 6.03. The first kappa shape index (κ1) is 12.8. The Balaban J connectivity index is 2.08. The third-order valence-corrected chi connectivity index (χ3v) is 2.51. The van der Waals surface area contributed by atoms with Crippen molar-refractivity contribution in [2.75, 3.05) is 5.32 Å². The van der Waals surface area contributed by atoms with Gasteiger partial charge in [0.05, 0.1) is 6.61 Å². The Morgan fingerprint density at radius 3 is 2.47 bits per heavy atom. The third kappa shape index (κ3) is 2.96. The molecule has 0 saturated heterocycles. The molecule has 19 heavy (non-hydrogen) atoms. The highest BCUT2D eigenvalue weighted by atomic mass is 16.6. The number of aliphatic hydroxyl groups is 1. The molecule has 0 fully saturated rings. The number of nitrogens with one attached hydrogen (secondary N) is 2. The Morgan fingerprint density at radius 2 is 1.95 bits per heavy atom. The molecule has 1 aromatic carbocycles. The van der Waals surface area contributed by atoms with E-state index >= 15 is 0 Å². The van der Waals surface area contributed by atoms with Crippen LogP contribution in [0.4, 0.5) is 11.5 Å². The van der Waals surface area contributed by atoms with Crippen LogP contribution in [0, 0.1) is 10.1 Å². The molecule has 0 aliphatic heterocycles. The van der Waals surface area contributed by atoms with Gasteiger partial charge >= 0.3 is 5.82 Å². The fraction of sp³-hybridized carbons (Fsp3) is 0.0833. The van der Waals surface area contributed by atoms with Crippen LogP contribution in [-0.4, -0.2) is 20.9 Å². The molecular formula is C12H11N3O4. The normalized spacial score (nSPS) is 10.2. The molecule has 98 valence electrons. The zero-order valence-electron chi connectivity index (χ0n) is 9.79. The van der Waals surface area contributed by atoms with Crippen molar-refractivity contribution < 1.29 is 14.8 Å². The number of nitro groups is 1. The summed E-state index contributed by atoms with van der Waals surface area (Å²) in [6, 6.07) is 9.19. The van der Waals surface area contributed by atoms with Crippen LogP contribution in [0.5, 0.6) is 0 Å². The number of benzene rings is 1. The molecule has 0 bridgehead atoms. The van der Waals surface area contributed by atoms with Crippen molar-refractivity contribution in [3.8, 4) is 0 Å². The van der Waals surface area contributed by atoms with E-state index in [0.717, 1.165) is 5.56 Å². The van der Waals surface area contributed by atoms with Crippen LogP contribution in [0.15, 0.2) is 36.4 Å². The Labute approximate surface area is 108 Å². The fourth-order valence-electron chi connectivity index (χ4n) is 1.51. The molecule has 0 aliphatic rings. The molecule has 7 nitrogen and oxygen atoms in total. The standard InChI is InChI=1S/C12H11N3O4/c16-7-8-1-3-9(4-2-8)13-12(17)10-5-6-11(14-10)15(18)19/h1-6,14,16H,7H2,(H,13,17). The summed E-state index contributed by atoms with van der Waals surface area (Å²) < 4.78 is 0. The first-order valence-electron chi connectivity index (χ1n) is 5.44. The van der Waals surface area contributed by atoms with Gasteiger partial charge in [0.15, 0.2) is 5.69 Å². The second-order valence-corrected chi connectivity index (χ2v) is 3.82. The quantitative estimate of drug-likeness (QED) is 0.574. The van der Waals surface area contributed by atoms with Gasteiger partial charge in [-0.05, 0) is 28.7 Å². The van der Waals surface area contributed by atoms with E-state index in [9.17, 15) is 14.9 Å². The third-order valence-electron chi connectivity index (χ3n) is 2.51. The van der Waals surface area contributed by atoms with Gasteiger partial charge in [0, 0.05) is 11.8 Å². The van der Waals surface area contributed by atoms with Gasteiger partial charge in [0.25, 0.3) is 5.91 Å². The lowest BCUT2D eigenvalue weighted by molar-refractivity contribution is -0.389. The van der Waals surface area contributed by atoms with E-state index in [1.165, 1.54) is 12.1 Å². The monoisotopic (exact) mass is 261 g/mol. The minimum absolute atomic E-state index is 0.0724. The summed E-state index contributed by atoms with van der Waals surface area (Å²) in [6.07, 6.45) is 0. The number of nitrogens with zero attached hydrogens (tertiary/aromatic N) is 1. The van der Waals surface area contributed by atoms with Gasteiger partial charge in [-0.3, -0.25) is 4.79 Å². The van der Waals surface area contributed by atoms with Crippen molar-refractivity contribution in [1.82, 2.24) is 4.98 Å². The first-order valence-corrected chi connectivity index (χ1v) is 5.44. The maximum Gasteiger partial charge on any atom is 0.321 e. The highest BCUT2D eigenvalue weighted by Gasteiger charge is 2.15. The SMILES string of the molecule is O=C(Nc1ccc(CO)cc1)c1ccc([N+](=O)[O-])[nH]1. The van der Waals surface area contributed by atoms with Crippen LogP contribution < -0.4 is 5.32 Å². The van der Waals surface area contributed by atoms with Gasteiger partial charge in [-0.1, -0.05) is 12.1 Å². The number of aliphatic hydroxyl groups excluding tert-OH is 1. The molecule has 0 saturated carbocycles. The van der Waals surface area contributed by atoms with Crippen LogP contribution in [-0.2, 0) is 6.61 Å². The number of amides is 1. The molecule has 2 rings (SSSR count). The van der Waals surface area contributed by atoms with E-state index in [0.29, 0.717) is 5.69 Å². The summed E-state index contributed by atoms with van der Waals surface area (Å²) in [7, 11) is 0. The van der Waals surface area contributed by atoms with Gasteiger partial charge < -0.3 is 20.5 Å². The van der Waals surface area contributed by atoms with Crippen LogP contribution >= 0.6 is 0 Å². The van der Waals surface area contributed by atoms with Crippen molar-refractivity contribution in [3.05, 3.63) is 57.8 Å². The maximum atomic E-state index is 11.8. The molecule has 2 aromatic rings. The van der Waals surface area contributed by atoms with Crippen LogP contribution in [0.2, 0.25) is 0 Å². The molecule has 1 amide bonds. The second-order valence-electron chi connectivity index (χ2n) is 3.82. The predicted molar refractivity (Wildman–Crippen MR) is 67.8 cm³/mol. The summed E-state index contributed by atoms with van der Waals surface area (Å²) in [5, 5.41) is 22.0. The maximum absolute atomic E-state index is 11.8. The topological polar surface area (TPSA) is 108 Å². The van der Waals surface area contributed by atoms with E-state index in [2.05, 4.69) is 10.3 Å². The summed E-state index contributed by atoms with van der Waals surface area (Å²) in [5.74, 6) is -0.703. The summed E-state index contributed by atoms with van der Waals surface area (Å²) in [4.78, 5) is 24.1. The fourth-order valence-corrected chi connectivity index (χ4v) is 1.51. The zero-order chi connectivity index (χ0) is 13.8. The smallest absolute Gasteiger partial charge is 0.321 e. The summed E-state index contributed by atoms with van der Waals surface area (Å²) in [5.41, 5.74) is 1.38. The van der Waals surface area contributed by atoms with Crippen molar-refractivity contribution in [1.29, 1.82) is 0 Å². The van der Waals surface area contributed by atoms with Gasteiger partial charge in [-0.15, -0.1) is 0 Å². The highest BCUT2D eigenvalue weighted by Crippen LogP contribution is 2.13. The first-order chi connectivity index (χ1) is 9.10. The average Bonchev–Trinajstić information content (AvgIpc) is 2.89. The molecule has 1 aromatic heterocycles. The lowest BCUT2D eigenvalue weighted by Gasteiger charge is -2.03. The number of carbonyl (C=O) groups excluding carboxylic acids is 1. The molecule has 0 unspecified atom stereocenters. The molecule has 0 atom stereocenters.